The van der Waals surface area contributed by atoms with Crippen molar-refractivity contribution in [2.75, 3.05) is 11.1 Å². The number of halogens is 3. The zero-order valence-electron chi connectivity index (χ0n) is 9.60. The van der Waals surface area contributed by atoms with E-state index in [4.69, 9.17) is 5.73 Å². The number of aryl methyl sites for hydroxylation is 1. The highest BCUT2D eigenvalue weighted by atomic mass is 127. The summed E-state index contributed by atoms with van der Waals surface area (Å²) in [6.07, 6.45) is 0. The normalized spacial score (nSPS) is 10.4. The third-order valence-corrected chi connectivity index (χ3v) is 4.43. The molecule has 94 valence electrons. The van der Waals surface area contributed by atoms with Crippen LogP contribution in [0.2, 0.25) is 0 Å². The van der Waals surface area contributed by atoms with E-state index in [1.54, 1.807) is 6.07 Å². The zero-order chi connectivity index (χ0) is 13.3. The first-order valence-corrected chi connectivity index (χ1v) is 7.13. The quantitative estimate of drug-likeness (QED) is 0.539. The first kappa shape index (κ1) is 13.6. The van der Waals surface area contributed by atoms with Crippen molar-refractivity contribution in [3.8, 4) is 0 Å². The fraction of sp³-hybridized carbons (Fsp3) is 0.0769. The lowest BCUT2D eigenvalue weighted by Gasteiger charge is -2.13. The van der Waals surface area contributed by atoms with E-state index in [0.29, 0.717) is 14.9 Å². The van der Waals surface area contributed by atoms with Gasteiger partial charge in [0.2, 0.25) is 0 Å². The Morgan fingerprint density at radius 3 is 2.72 bits per heavy atom. The summed E-state index contributed by atoms with van der Waals surface area (Å²) in [7, 11) is 0. The van der Waals surface area contributed by atoms with E-state index in [9.17, 15) is 4.39 Å². The molecule has 0 spiro atoms. The molecule has 0 fully saturated rings. The number of nitrogen functional groups attached to an aromatic ring is 1. The van der Waals surface area contributed by atoms with Crippen molar-refractivity contribution < 1.29 is 4.39 Å². The maximum atomic E-state index is 13.5. The van der Waals surface area contributed by atoms with Crippen LogP contribution in [0.4, 0.5) is 21.5 Å². The van der Waals surface area contributed by atoms with E-state index in [2.05, 4.69) is 21.2 Å². The molecule has 2 nitrogen and oxygen atoms in total. The SMILES string of the molecule is Cc1cccc(Nc2cc(F)c(I)cc2N)c1Br. The summed E-state index contributed by atoms with van der Waals surface area (Å²) in [6, 6.07) is 8.86. The Morgan fingerprint density at radius 2 is 2.00 bits per heavy atom. The van der Waals surface area contributed by atoms with Gasteiger partial charge in [-0.25, -0.2) is 4.39 Å². The highest BCUT2D eigenvalue weighted by molar-refractivity contribution is 14.1. The topological polar surface area (TPSA) is 38.0 Å². The Bertz CT molecular complexity index is 602. The van der Waals surface area contributed by atoms with Crippen LogP contribution in [0.1, 0.15) is 5.56 Å². The Hall–Kier alpha value is -0.820. The van der Waals surface area contributed by atoms with Gasteiger partial charge in [-0.05, 0) is 63.1 Å². The van der Waals surface area contributed by atoms with Gasteiger partial charge in [-0.15, -0.1) is 0 Å². The molecule has 0 aliphatic heterocycles. The molecular formula is C13H11BrFIN2. The van der Waals surface area contributed by atoms with E-state index in [1.165, 1.54) is 6.07 Å². The maximum Gasteiger partial charge on any atom is 0.138 e. The van der Waals surface area contributed by atoms with Crippen molar-refractivity contribution >= 4 is 55.6 Å². The third-order valence-electron chi connectivity index (χ3n) is 2.55. The first-order valence-electron chi connectivity index (χ1n) is 5.25. The minimum Gasteiger partial charge on any atom is -0.397 e. The molecule has 0 aromatic heterocycles. The second-order valence-corrected chi connectivity index (χ2v) is 5.87. The van der Waals surface area contributed by atoms with Gasteiger partial charge in [0, 0.05) is 10.5 Å². The predicted octanol–water partition coefficient (Wildman–Crippen LogP) is 4.83. The van der Waals surface area contributed by atoms with Crippen LogP contribution < -0.4 is 11.1 Å². The molecule has 0 atom stereocenters. The molecular weight excluding hydrogens is 410 g/mol. The van der Waals surface area contributed by atoms with Gasteiger partial charge in [0.1, 0.15) is 5.82 Å². The molecule has 2 rings (SSSR count). The van der Waals surface area contributed by atoms with Gasteiger partial charge in [0.05, 0.1) is 20.6 Å². The van der Waals surface area contributed by atoms with Crippen molar-refractivity contribution in [2.24, 2.45) is 0 Å². The van der Waals surface area contributed by atoms with Gasteiger partial charge in [-0.1, -0.05) is 12.1 Å². The summed E-state index contributed by atoms with van der Waals surface area (Å²) in [5.41, 5.74) is 8.93. The van der Waals surface area contributed by atoms with Crippen LogP contribution in [-0.2, 0) is 0 Å². The molecule has 0 amide bonds. The summed E-state index contributed by atoms with van der Waals surface area (Å²) in [5, 5.41) is 3.13. The van der Waals surface area contributed by atoms with Crippen LogP contribution in [0.3, 0.4) is 0 Å². The van der Waals surface area contributed by atoms with Crippen LogP contribution in [0.5, 0.6) is 0 Å². The molecule has 0 aliphatic rings. The zero-order valence-corrected chi connectivity index (χ0v) is 13.3. The molecule has 18 heavy (non-hydrogen) atoms. The average molecular weight is 421 g/mol. The van der Waals surface area contributed by atoms with E-state index in [0.717, 1.165) is 15.7 Å². The minimum absolute atomic E-state index is 0.281. The van der Waals surface area contributed by atoms with Crippen molar-refractivity contribution in [3.05, 3.63) is 49.8 Å². The van der Waals surface area contributed by atoms with E-state index in [1.807, 2.05) is 47.7 Å². The number of nitrogens with one attached hydrogen (secondary N) is 1. The van der Waals surface area contributed by atoms with E-state index in [-0.39, 0.29) is 5.82 Å². The molecule has 0 aliphatic carbocycles. The lowest BCUT2D eigenvalue weighted by Crippen LogP contribution is -1.99. The Morgan fingerprint density at radius 1 is 1.28 bits per heavy atom. The largest absolute Gasteiger partial charge is 0.397 e. The Kier molecular flexibility index (Phi) is 4.11. The maximum absolute atomic E-state index is 13.5. The molecule has 0 radical (unpaired) electrons. The molecule has 0 bridgehead atoms. The second kappa shape index (κ2) is 5.44. The van der Waals surface area contributed by atoms with Crippen LogP contribution in [0.25, 0.3) is 0 Å². The summed E-state index contributed by atoms with van der Waals surface area (Å²) < 4.78 is 15.0. The molecule has 5 heteroatoms. The summed E-state index contributed by atoms with van der Waals surface area (Å²) >= 11 is 5.41. The van der Waals surface area contributed by atoms with Crippen LogP contribution in [-0.4, -0.2) is 0 Å². The number of hydrogen-bond acceptors (Lipinski definition) is 2. The number of benzene rings is 2. The van der Waals surface area contributed by atoms with Gasteiger partial charge in [-0.3, -0.25) is 0 Å². The van der Waals surface area contributed by atoms with E-state index < -0.39 is 0 Å². The van der Waals surface area contributed by atoms with Gasteiger partial charge < -0.3 is 11.1 Å². The van der Waals surface area contributed by atoms with Crippen molar-refractivity contribution in [3.63, 3.8) is 0 Å². The summed E-state index contributed by atoms with van der Waals surface area (Å²) in [4.78, 5) is 0. The van der Waals surface area contributed by atoms with Gasteiger partial charge in [0.25, 0.3) is 0 Å². The molecule has 0 saturated carbocycles. The smallest absolute Gasteiger partial charge is 0.138 e. The highest BCUT2D eigenvalue weighted by Crippen LogP contribution is 2.32. The second-order valence-electron chi connectivity index (χ2n) is 3.92. The van der Waals surface area contributed by atoms with Gasteiger partial charge in [0.15, 0.2) is 0 Å². The molecule has 0 heterocycles. The molecule has 0 saturated heterocycles. The number of hydrogen-bond donors (Lipinski definition) is 2. The van der Waals surface area contributed by atoms with E-state index >= 15 is 0 Å². The Labute approximate surface area is 127 Å². The third kappa shape index (κ3) is 2.77. The molecule has 3 N–H and O–H groups in total. The lowest BCUT2D eigenvalue weighted by atomic mass is 10.2. The first-order chi connectivity index (χ1) is 8.49. The standard InChI is InChI=1S/C13H11BrFIN2/c1-7-3-2-4-11(13(7)14)18-12-5-8(15)9(16)6-10(12)17/h2-6,18H,17H2,1H3. The fourth-order valence-electron chi connectivity index (χ4n) is 1.56. The van der Waals surface area contributed by atoms with Crippen molar-refractivity contribution in [2.45, 2.75) is 6.92 Å². The number of rotatable bonds is 2. The predicted molar refractivity (Wildman–Crippen MR) is 85.7 cm³/mol. The summed E-state index contributed by atoms with van der Waals surface area (Å²) in [6.45, 7) is 1.99. The Balaban J connectivity index is 2.40. The summed E-state index contributed by atoms with van der Waals surface area (Å²) in [5.74, 6) is -0.281. The van der Waals surface area contributed by atoms with Crippen molar-refractivity contribution in [1.82, 2.24) is 0 Å². The van der Waals surface area contributed by atoms with Crippen molar-refractivity contribution in [1.29, 1.82) is 0 Å². The molecule has 0 unspecified atom stereocenters. The molecule has 2 aromatic rings. The monoisotopic (exact) mass is 420 g/mol. The van der Waals surface area contributed by atoms with Crippen LogP contribution >= 0.6 is 38.5 Å². The lowest BCUT2D eigenvalue weighted by molar-refractivity contribution is 0.621. The average Bonchev–Trinajstić information content (AvgIpc) is 2.32. The highest BCUT2D eigenvalue weighted by Gasteiger charge is 2.08. The van der Waals surface area contributed by atoms with Crippen LogP contribution in [0, 0.1) is 16.3 Å². The minimum atomic E-state index is -0.281. The fourth-order valence-corrected chi connectivity index (χ4v) is 2.41. The molecule has 2 aromatic carbocycles. The number of nitrogens with two attached hydrogens (primary N) is 1. The number of anilines is 3. The van der Waals surface area contributed by atoms with Gasteiger partial charge >= 0.3 is 0 Å². The van der Waals surface area contributed by atoms with Gasteiger partial charge in [-0.2, -0.15) is 0 Å². The van der Waals surface area contributed by atoms with Crippen LogP contribution in [0.15, 0.2) is 34.8 Å².